The van der Waals surface area contributed by atoms with E-state index in [1.165, 1.54) is 38.5 Å². The SMILES string of the molecule is CCC(CC[Si](CCC(CC)C1CCO1)(OC)OC)C1CCO1. The molecule has 2 aliphatic heterocycles. The van der Waals surface area contributed by atoms with Crippen LogP contribution in [0.3, 0.4) is 0 Å². The Bertz CT molecular complexity index is 299. The van der Waals surface area contributed by atoms with Gasteiger partial charge in [0.1, 0.15) is 0 Å². The van der Waals surface area contributed by atoms with Crippen molar-refractivity contribution in [3.8, 4) is 0 Å². The highest BCUT2D eigenvalue weighted by molar-refractivity contribution is 6.67. The van der Waals surface area contributed by atoms with Crippen molar-refractivity contribution in [3.63, 3.8) is 0 Å². The minimum Gasteiger partial charge on any atom is -0.398 e. The van der Waals surface area contributed by atoms with Crippen LogP contribution in [0.4, 0.5) is 0 Å². The summed E-state index contributed by atoms with van der Waals surface area (Å²) in [7, 11) is 1.61. The molecule has 0 aromatic rings. The molecule has 4 atom stereocenters. The summed E-state index contributed by atoms with van der Waals surface area (Å²) in [6, 6.07) is 2.17. The molecule has 0 bridgehead atoms. The fourth-order valence-corrected chi connectivity index (χ4v) is 6.84. The minimum absolute atomic E-state index is 0.479. The molecule has 5 heteroatoms. The summed E-state index contributed by atoms with van der Waals surface area (Å²) >= 11 is 0. The normalized spacial score (nSPS) is 27.1. The van der Waals surface area contributed by atoms with E-state index in [-0.39, 0.29) is 0 Å². The standard InChI is InChI=1S/C18H36O4Si/c1-5-15(17-7-11-21-17)9-13-23(19-3,20-4)14-10-16(6-2)18-8-12-22-18/h15-18H,5-14H2,1-4H3. The maximum absolute atomic E-state index is 5.97. The Morgan fingerprint density at radius 2 is 1.26 bits per heavy atom. The Labute approximate surface area is 143 Å². The first kappa shape index (κ1) is 19.4. The van der Waals surface area contributed by atoms with Gasteiger partial charge in [-0.1, -0.05) is 26.7 Å². The summed E-state index contributed by atoms with van der Waals surface area (Å²) in [5, 5.41) is 0. The Hall–Kier alpha value is 0.0569. The maximum Gasteiger partial charge on any atom is 0.337 e. The van der Waals surface area contributed by atoms with Crippen LogP contribution in [0, 0.1) is 11.8 Å². The average Bonchev–Trinajstić information content (AvgIpc) is 2.49. The highest BCUT2D eigenvalue weighted by atomic mass is 28.4. The second kappa shape index (κ2) is 9.52. The van der Waals surface area contributed by atoms with E-state index in [9.17, 15) is 0 Å². The second-order valence-corrected chi connectivity index (χ2v) is 10.8. The van der Waals surface area contributed by atoms with Gasteiger partial charge in [0.05, 0.1) is 12.2 Å². The van der Waals surface area contributed by atoms with E-state index in [0.29, 0.717) is 24.0 Å². The molecular formula is C18H36O4Si. The van der Waals surface area contributed by atoms with Gasteiger partial charge in [0.25, 0.3) is 0 Å². The second-order valence-electron chi connectivity index (χ2n) is 7.13. The molecular weight excluding hydrogens is 308 g/mol. The van der Waals surface area contributed by atoms with Crippen molar-refractivity contribution < 1.29 is 18.3 Å². The summed E-state index contributed by atoms with van der Waals surface area (Å²) in [5.74, 6) is 1.33. The van der Waals surface area contributed by atoms with Crippen molar-refractivity contribution in [3.05, 3.63) is 0 Å². The van der Waals surface area contributed by atoms with Crippen LogP contribution in [0.15, 0.2) is 0 Å². The van der Waals surface area contributed by atoms with Gasteiger partial charge in [-0.25, -0.2) is 0 Å². The van der Waals surface area contributed by atoms with Gasteiger partial charge in [-0.2, -0.15) is 0 Å². The highest BCUT2D eigenvalue weighted by Crippen LogP contribution is 2.34. The Balaban J connectivity index is 1.83. The molecule has 2 heterocycles. The van der Waals surface area contributed by atoms with E-state index >= 15 is 0 Å². The van der Waals surface area contributed by atoms with E-state index in [2.05, 4.69) is 13.8 Å². The van der Waals surface area contributed by atoms with Gasteiger partial charge in [-0.15, -0.1) is 0 Å². The summed E-state index contributed by atoms with van der Waals surface area (Å²) in [5.41, 5.74) is 0. The van der Waals surface area contributed by atoms with Gasteiger partial charge in [-0.3, -0.25) is 0 Å². The van der Waals surface area contributed by atoms with Gasteiger partial charge < -0.3 is 18.3 Å². The summed E-state index contributed by atoms with van der Waals surface area (Å²) in [6.07, 6.45) is 8.14. The number of ether oxygens (including phenoxy) is 2. The van der Waals surface area contributed by atoms with Crippen molar-refractivity contribution in [2.24, 2.45) is 11.8 Å². The summed E-state index contributed by atoms with van der Waals surface area (Å²) < 4.78 is 23.4. The lowest BCUT2D eigenvalue weighted by molar-refractivity contribution is -0.0872. The molecule has 2 fully saturated rings. The van der Waals surface area contributed by atoms with Crippen molar-refractivity contribution in [1.82, 2.24) is 0 Å². The predicted molar refractivity (Wildman–Crippen MR) is 94.9 cm³/mol. The number of hydrogen-bond acceptors (Lipinski definition) is 4. The molecule has 23 heavy (non-hydrogen) atoms. The average molecular weight is 345 g/mol. The van der Waals surface area contributed by atoms with E-state index in [4.69, 9.17) is 18.3 Å². The molecule has 0 spiro atoms. The van der Waals surface area contributed by atoms with Crippen LogP contribution < -0.4 is 0 Å². The van der Waals surface area contributed by atoms with E-state index in [1.54, 1.807) is 0 Å². The van der Waals surface area contributed by atoms with Crippen LogP contribution in [-0.4, -0.2) is 48.2 Å². The minimum atomic E-state index is -2.08. The first-order chi connectivity index (χ1) is 11.2. The Morgan fingerprint density at radius 1 is 0.870 bits per heavy atom. The fraction of sp³-hybridized carbons (Fsp3) is 1.00. The lowest BCUT2D eigenvalue weighted by atomic mass is 9.92. The Morgan fingerprint density at radius 3 is 1.48 bits per heavy atom. The summed E-state index contributed by atoms with van der Waals surface area (Å²) in [6.45, 7) is 6.43. The van der Waals surface area contributed by atoms with Crippen LogP contribution in [0.25, 0.3) is 0 Å². The zero-order valence-electron chi connectivity index (χ0n) is 15.5. The largest absolute Gasteiger partial charge is 0.398 e. The van der Waals surface area contributed by atoms with Crippen LogP contribution >= 0.6 is 0 Å². The zero-order valence-corrected chi connectivity index (χ0v) is 16.5. The van der Waals surface area contributed by atoms with Gasteiger partial charge in [0.15, 0.2) is 0 Å². The molecule has 0 N–H and O–H groups in total. The third-order valence-electron chi connectivity index (χ3n) is 6.10. The topological polar surface area (TPSA) is 36.9 Å². The van der Waals surface area contributed by atoms with Crippen LogP contribution in [0.2, 0.25) is 12.1 Å². The Kier molecular flexibility index (Phi) is 8.02. The zero-order chi connectivity index (χ0) is 16.7. The smallest absolute Gasteiger partial charge is 0.337 e. The van der Waals surface area contributed by atoms with E-state index in [0.717, 1.165) is 25.3 Å². The number of rotatable bonds is 12. The van der Waals surface area contributed by atoms with Crippen molar-refractivity contribution >= 4 is 8.56 Å². The quantitative estimate of drug-likeness (QED) is 0.499. The molecule has 136 valence electrons. The monoisotopic (exact) mass is 344 g/mol. The molecule has 0 amide bonds. The third-order valence-corrected chi connectivity index (χ3v) is 9.69. The van der Waals surface area contributed by atoms with Gasteiger partial charge >= 0.3 is 8.56 Å². The van der Waals surface area contributed by atoms with Gasteiger partial charge in [0.2, 0.25) is 0 Å². The highest BCUT2D eigenvalue weighted by Gasteiger charge is 2.39. The molecule has 2 rings (SSSR count). The maximum atomic E-state index is 5.97. The fourth-order valence-electron chi connectivity index (χ4n) is 3.98. The van der Waals surface area contributed by atoms with Gasteiger partial charge in [-0.05, 0) is 49.6 Å². The lowest BCUT2D eigenvalue weighted by Crippen LogP contribution is -2.43. The van der Waals surface area contributed by atoms with Gasteiger partial charge in [0, 0.05) is 27.4 Å². The molecule has 4 unspecified atom stereocenters. The van der Waals surface area contributed by atoms with Crippen molar-refractivity contribution in [2.45, 2.75) is 76.7 Å². The van der Waals surface area contributed by atoms with Crippen molar-refractivity contribution in [1.29, 1.82) is 0 Å². The van der Waals surface area contributed by atoms with Crippen LogP contribution in [-0.2, 0) is 18.3 Å². The summed E-state index contributed by atoms with van der Waals surface area (Å²) in [4.78, 5) is 0. The molecule has 4 nitrogen and oxygen atoms in total. The van der Waals surface area contributed by atoms with Crippen LogP contribution in [0.1, 0.15) is 52.4 Å². The molecule has 2 saturated heterocycles. The third kappa shape index (κ3) is 5.02. The first-order valence-electron chi connectivity index (χ1n) is 9.51. The van der Waals surface area contributed by atoms with Crippen LogP contribution in [0.5, 0.6) is 0 Å². The lowest BCUT2D eigenvalue weighted by Gasteiger charge is -2.37. The number of hydrogen-bond donors (Lipinski definition) is 0. The molecule has 0 saturated carbocycles. The first-order valence-corrected chi connectivity index (χ1v) is 11.7. The molecule has 0 aliphatic carbocycles. The van der Waals surface area contributed by atoms with E-state index in [1.807, 2.05) is 14.2 Å². The molecule has 0 aromatic carbocycles. The predicted octanol–water partition coefficient (Wildman–Crippen LogP) is 4.13. The van der Waals surface area contributed by atoms with Crippen molar-refractivity contribution in [2.75, 3.05) is 27.4 Å². The van der Waals surface area contributed by atoms with E-state index < -0.39 is 8.56 Å². The molecule has 2 aliphatic rings. The molecule has 0 aromatic heterocycles. The molecule has 0 radical (unpaired) electrons.